The van der Waals surface area contributed by atoms with Gasteiger partial charge in [0.1, 0.15) is 5.82 Å². The second-order valence-electron chi connectivity index (χ2n) is 7.42. The lowest BCUT2D eigenvalue weighted by molar-refractivity contribution is 0.0750. The number of benzene rings is 2. The summed E-state index contributed by atoms with van der Waals surface area (Å²) < 4.78 is 16.4. The van der Waals surface area contributed by atoms with E-state index in [4.69, 9.17) is 0 Å². The molecule has 1 amide bonds. The Kier molecular flexibility index (Phi) is 3.97. The fourth-order valence-electron chi connectivity index (χ4n) is 4.00. The Labute approximate surface area is 167 Å². The number of fused-ring (bicyclic) bond motifs is 2. The van der Waals surface area contributed by atoms with Gasteiger partial charge in [-0.25, -0.2) is 4.39 Å². The quantitative estimate of drug-likeness (QED) is 0.579. The van der Waals surface area contributed by atoms with Crippen LogP contribution in [0.25, 0.3) is 22.0 Å². The SMILES string of the molecule is CCc1ccc(F)c(-c2cc(C(=O)N3Cc4cnn(C)c4C3)c3cn[nH]c3c2)c1. The molecule has 4 aromatic rings. The van der Waals surface area contributed by atoms with Crippen LogP contribution in [0.5, 0.6) is 0 Å². The van der Waals surface area contributed by atoms with Crippen molar-refractivity contribution in [3.8, 4) is 11.1 Å². The fraction of sp³-hybridized carbons (Fsp3) is 0.227. The van der Waals surface area contributed by atoms with Crippen LogP contribution in [0.4, 0.5) is 4.39 Å². The normalized spacial score (nSPS) is 13.3. The van der Waals surface area contributed by atoms with E-state index in [-0.39, 0.29) is 11.7 Å². The summed E-state index contributed by atoms with van der Waals surface area (Å²) in [5, 5.41) is 12.0. The number of hydrogen-bond donors (Lipinski definition) is 1. The maximum atomic E-state index is 14.6. The summed E-state index contributed by atoms with van der Waals surface area (Å²) in [7, 11) is 1.88. The van der Waals surface area contributed by atoms with Gasteiger partial charge in [-0.3, -0.25) is 14.6 Å². The Bertz CT molecular complexity index is 1260. The zero-order valence-corrected chi connectivity index (χ0v) is 16.2. The van der Waals surface area contributed by atoms with Gasteiger partial charge in [0.2, 0.25) is 0 Å². The highest BCUT2D eigenvalue weighted by Crippen LogP contribution is 2.32. The van der Waals surface area contributed by atoms with Crippen LogP contribution >= 0.6 is 0 Å². The minimum atomic E-state index is -0.306. The van der Waals surface area contributed by atoms with Gasteiger partial charge in [-0.2, -0.15) is 10.2 Å². The Balaban J connectivity index is 1.60. The molecule has 0 aliphatic carbocycles. The first-order valence-corrected chi connectivity index (χ1v) is 9.60. The second kappa shape index (κ2) is 6.55. The number of H-pyrrole nitrogens is 1. The van der Waals surface area contributed by atoms with Gasteiger partial charge in [-0.1, -0.05) is 13.0 Å². The number of rotatable bonds is 3. The van der Waals surface area contributed by atoms with Crippen LogP contribution in [-0.4, -0.2) is 30.8 Å². The van der Waals surface area contributed by atoms with E-state index in [1.54, 1.807) is 34.1 Å². The van der Waals surface area contributed by atoms with Crippen molar-refractivity contribution in [1.29, 1.82) is 0 Å². The topological polar surface area (TPSA) is 66.8 Å². The van der Waals surface area contributed by atoms with Crippen LogP contribution in [0.15, 0.2) is 42.7 Å². The third kappa shape index (κ3) is 2.81. The van der Waals surface area contributed by atoms with Crippen LogP contribution in [0.3, 0.4) is 0 Å². The molecule has 5 rings (SSSR count). The smallest absolute Gasteiger partial charge is 0.255 e. The van der Waals surface area contributed by atoms with Crippen molar-refractivity contribution in [3.63, 3.8) is 0 Å². The van der Waals surface area contributed by atoms with Gasteiger partial charge in [-0.15, -0.1) is 0 Å². The largest absolute Gasteiger partial charge is 0.328 e. The third-order valence-corrected chi connectivity index (χ3v) is 5.68. The average Bonchev–Trinajstić information content (AvgIpc) is 3.44. The van der Waals surface area contributed by atoms with Crippen LogP contribution in [0, 0.1) is 5.82 Å². The highest BCUT2D eigenvalue weighted by Gasteiger charge is 2.28. The number of carbonyl (C=O) groups excluding carboxylic acids is 1. The number of nitrogens with one attached hydrogen (secondary N) is 1. The molecular weight excluding hydrogens is 369 g/mol. The van der Waals surface area contributed by atoms with Crippen molar-refractivity contribution in [2.24, 2.45) is 7.05 Å². The Hall–Kier alpha value is -3.48. The minimum Gasteiger partial charge on any atom is -0.328 e. The summed E-state index contributed by atoms with van der Waals surface area (Å²) in [6.07, 6.45) is 4.26. The number of nitrogens with zero attached hydrogens (tertiary/aromatic N) is 4. The second-order valence-corrected chi connectivity index (χ2v) is 7.42. The van der Waals surface area contributed by atoms with E-state index in [0.717, 1.165) is 28.6 Å². The summed E-state index contributed by atoms with van der Waals surface area (Å²) in [4.78, 5) is 15.2. The summed E-state index contributed by atoms with van der Waals surface area (Å²) in [5.41, 5.74) is 5.53. The molecule has 29 heavy (non-hydrogen) atoms. The fourth-order valence-corrected chi connectivity index (χ4v) is 4.00. The molecule has 0 saturated heterocycles. The molecule has 1 aliphatic heterocycles. The molecule has 0 saturated carbocycles. The summed E-state index contributed by atoms with van der Waals surface area (Å²) in [5.74, 6) is -0.402. The van der Waals surface area contributed by atoms with Crippen molar-refractivity contribution in [2.75, 3.05) is 0 Å². The van der Waals surface area contributed by atoms with Crippen molar-refractivity contribution in [1.82, 2.24) is 24.9 Å². The first-order valence-electron chi connectivity index (χ1n) is 9.60. The van der Waals surface area contributed by atoms with Gasteiger partial charge in [0.25, 0.3) is 5.91 Å². The minimum absolute atomic E-state index is 0.0958. The highest BCUT2D eigenvalue weighted by molar-refractivity contribution is 6.08. The predicted molar refractivity (Wildman–Crippen MR) is 108 cm³/mol. The van der Waals surface area contributed by atoms with Crippen LogP contribution < -0.4 is 0 Å². The molecule has 1 N–H and O–H groups in total. The van der Waals surface area contributed by atoms with Gasteiger partial charge in [0.05, 0.1) is 35.7 Å². The molecule has 2 aromatic carbocycles. The predicted octanol–water partition coefficient (Wildman–Crippen LogP) is 3.82. The molecule has 0 radical (unpaired) electrons. The first-order chi connectivity index (χ1) is 14.0. The van der Waals surface area contributed by atoms with Crippen LogP contribution in [-0.2, 0) is 26.6 Å². The van der Waals surface area contributed by atoms with Gasteiger partial charge >= 0.3 is 0 Å². The number of aryl methyl sites for hydroxylation is 2. The van der Waals surface area contributed by atoms with E-state index < -0.39 is 0 Å². The molecule has 0 unspecified atom stereocenters. The van der Waals surface area contributed by atoms with Crippen LogP contribution in [0.1, 0.15) is 34.1 Å². The standard InChI is InChI=1S/C22H20FN5O/c1-3-13-4-5-19(23)16(6-13)14-7-17(18-10-24-26-20(18)8-14)22(29)28-11-15-9-25-27(2)21(15)12-28/h4-10H,3,11-12H2,1-2H3,(H,24,26). The van der Waals surface area contributed by atoms with Crippen molar-refractivity contribution in [3.05, 3.63) is 70.9 Å². The van der Waals surface area contributed by atoms with Crippen molar-refractivity contribution in [2.45, 2.75) is 26.4 Å². The van der Waals surface area contributed by atoms with Crippen molar-refractivity contribution < 1.29 is 9.18 Å². The molecule has 0 spiro atoms. The molecular formula is C22H20FN5O. The molecule has 0 fully saturated rings. The molecule has 7 heteroatoms. The number of carbonyl (C=O) groups is 1. The number of aromatic nitrogens is 4. The monoisotopic (exact) mass is 389 g/mol. The first kappa shape index (κ1) is 17.6. The maximum absolute atomic E-state index is 14.6. The number of hydrogen-bond acceptors (Lipinski definition) is 3. The van der Waals surface area contributed by atoms with E-state index in [9.17, 15) is 9.18 Å². The molecule has 2 aromatic heterocycles. The van der Waals surface area contributed by atoms with E-state index in [1.165, 1.54) is 6.07 Å². The van der Waals surface area contributed by atoms with Crippen LogP contribution in [0.2, 0.25) is 0 Å². The Morgan fingerprint density at radius 2 is 2.07 bits per heavy atom. The third-order valence-electron chi connectivity index (χ3n) is 5.68. The van der Waals surface area contributed by atoms with E-state index in [2.05, 4.69) is 15.3 Å². The van der Waals surface area contributed by atoms with Gasteiger partial charge < -0.3 is 4.90 Å². The summed E-state index contributed by atoms with van der Waals surface area (Å²) in [6, 6.07) is 8.74. The lowest BCUT2D eigenvalue weighted by Crippen LogP contribution is -2.26. The summed E-state index contributed by atoms with van der Waals surface area (Å²) in [6.45, 7) is 3.06. The molecule has 0 bridgehead atoms. The number of halogens is 1. The number of amides is 1. The van der Waals surface area contributed by atoms with E-state index in [0.29, 0.717) is 35.3 Å². The molecule has 0 atom stereocenters. The molecule has 146 valence electrons. The Morgan fingerprint density at radius 3 is 2.86 bits per heavy atom. The van der Waals surface area contributed by atoms with E-state index >= 15 is 0 Å². The van der Waals surface area contributed by atoms with Gasteiger partial charge in [0.15, 0.2) is 0 Å². The molecule has 1 aliphatic rings. The van der Waals surface area contributed by atoms with Gasteiger partial charge in [-0.05, 0) is 41.8 Å². The van der Waals surface area contributed by atoms with E-state index in [1.807, 2.05) is 26.1 Å². The lowest BCUT2D eigenvalue weighted by atomic mass is 9.97. The molecule has 3 heterocycles. The maximum Gasteiger partial charge on any atom is 0.255 e. The zero-order chi connectivity index (χ0) is 20.1. The number of aromatic amines is 1. The lowest BCUT2D eigenvalue weighted by Gasteiger charge is -2.17. The van der Waals surface area contributed by atoms with Crippen molar-refractivity contribution >= 4 is 16.8 Å². The summed E-state index contributed by atoms with van der Waals surface area (Å²) >= 11 is 0. The highest BCUT2D eigenvalue weighted by atomic mass is 19.1. The molecule has 6 nitrogen and oxygen atoms in total. The average molecular weight is 389 g/mol. The Morgan fingerprint density at radius 1 is 1.21 bits per heavy atom. The van der Waals surface area contributed by atoms with Gasteiger partial charge in [0, 0.05) is 30.1 Å². The zero-order valence-electron chi connectivity index (χ0n) is 16.2.